The Kier molecular flexibility index (Phi) is 4.69. The molecule has 1 fully saturated rings. The highest BCUT2D eigenvalue weighted by Crippen LogP contribution is 2.18. The van der Waals surface area contributed by atoms with E-state index in [1.165, 1.54) is 11.7 Å². The molecule has 6 heteroatoms. The molecule has 0 bridgehead atoms. The van der Waals surface area contributed by atoms with E-state index in [-0.39, 0.29) is 5.91 Å². The zero-order chi connectivity index (χ0) is 15.5. The maximum absolute atomic E-state index is 12.3. The Balaban J connectivity index is 1.52. The Morgan fingerprint density at radius 3 is 2.77 bits per heavy atom. The van der Waals surface area contributed by atoms with Crippen molar-refractivity contribution in [3.63, 3.8) is 0 Å². The van der Waals surface area contributed by atoms with Gasteiger partial charge in [0.25, 0.3) is 5.91 Å². The molecule has 0 radical (unpaired) electrons. The topological polar surface area (TPSA) is 58.1 Å². The molecule has 1 amide bonds. The van der Waals surface area contributed by atoms with Crippen LogP contribution in [0.4, 0.5) is 0 Å². The summed E-state index contributed by atoms with van der Waals surface area (Å²) in [6.07, 6.45) is 2.32. The zero-order valence-corrected chi connectivity index (χ0v) is 13.9. The molecule has 0 spiro atoms. The molecular weight excluding hydrogens is 296 g/mol. The van der Waals surface area contributed by atoms with Crippen molar-refractivity contribution in [3.05, 3.63) is 23.8 Å². The fraction of sp³-hybridized carbons (Fsp3) is 0.562. The molecule has 0 atom stereocenters. The van der Waals surface area contributed by atoms with Gasteiger partial charge in [0.15, 0.2) is 0 Å². The average Bonchev–Trinajstić information content (AvgIpc) is 3.00. The van der Waals surface area contributed by atoms with Crippen molar-refractivity contribution in [3.8, 4) is 0 Å². The third-order valence-corrected chi connectivity index (χ3v) is 5.00. The van der Waals surface area contributed by atoms with Crippen molar-refractivity contribution in [1.29, 1.82) is 0 Å². The summed E-state index contributed by atoms with van der Waals surface area (Å²) in [7, 11) is 0. The van der Waals surface area contributed by atoms with Crippen LogP contribution in [0.5, 0.6) is 0 Å². The minimum Gasteiger partial charge on any atom is -0.352 e. The van der Waals surface area contributed by atoms with Gasteiger partial charge in [-0.3, -0.25) is 4.79 Å². The van der Waals surface area contributed by atoms with Gasteiger partial charge in [-0.1, -0.05) is 0 Å². The van der Waals surface area contributed by atoms with Crippen molar-refractivity contribution < 1.29 is 4.79 Å². The molecule has 5 nitrogen and oxygen atoms in total. The van der Waals surface area contributed by atoms with Crippen LogP contribution < -0.4 is 5.32 Å². The van der Waals surface area contributed by atoms with Crippen LogP contribution >= 0.6 is 11.7 Å². The third-order valence-electron chi connectivity index (χ3n) is 4.45. The highest BCUT2D eigenvalue weighted by Gasteiger charge is 2.21. The summed E-state index contributed by atoms with van der Waals surface area (Å²) in [5.41, 5.74) is 2.31. The number of carbonyl (C=O) groups is 1. The van der Waals surface area contributed by atoms with Crippen LogP contribution in [0.3, 0.4) is 0 Å². The van der Waals surface area contributed by atoms with Gasteiger partial charge < -0.3 is 10.2 Å². The molecule has 1 aromatic carbocycles. The monoisotopic (exact) mass is 318 g/mol. The van der Waals surface area contributed by atoms with Crippen LogP contribution in [0, 0.1) is 5.92 Å². The average molecular weight is 318 g/mol. The first-order valence-corrected chi connectivity index (χ1v) is 8.61. The maximum Gasteiger partial charge on any atom is 0.251 e. The van der Waals surface area contributed by atoms with E-state index >= 15 is 0 Å². The highest BCUT2D eigenvalue weighted by molar-refractivity contribution is 7.00. The number of hydrogen-bond donors (Lipinski definition) is 1. The molecule has 118 valence electrons. The Bertz CT molecular complexity index is 646. The summed E-state index contributed by atoms with van der Waals surface area (Å²) in [5.74, 6) is 0.574. The summed E-state index contributed by atoms with van der Waals surface area (Å²) in [6.45, 7) is 7.51. The second kappa shape index (κ2) is 6.71. The fourth-order valence-electron chi connectivity index (χ4n) is 2.94. The number of likely N-dealkylation sites (tertiary alicyclic amines) is 1. The van der Waals surface area contributed by atoms with E-state index in [9.17, 15) is 4.79 Å². The number of piperidine rings is 1. The van der Waals surface area contributed by atoms with Crippen molar-refractivity contribution in [2.24, 2.45) is 5.92 Å². The van der Waals surface area contributed by atoms with Crippen LogP contribution in [0.2, 0.25) is 0 Å². The van der Waals surface area contributed by atoms with Gasteiger partial charge in [-0.25, -0.2) is 0 Å². The standard InChI is InChI=1S/C16H22N4OS/c1-11(2)20-7-5-12(6-8-20)10-17-16(21)13-3-4-14-15(9-13)19-22-18-14/h3-4,9,11-12H,5-8,10H2,1-2H3,(H,17,21). The van der Waals surface area contributed by atoms with Crippen LogP contribution in [-0.4, -0.2) is 45.2 Å². The second-order valence-corrected chi connectivity index (χ2v) is 6.78. The van der Waals surface area contributed by atoms with Gasteiger partial charge in [-0.2, -0.15) is 8.75 Å². The second-order valence-electron chi connectivity index (χ2n) is 6.25. The molecule has 1 aliphatic rings. The first-order chi connectivity index (χ1) is 10.6. The minimum atomic E-state index is -0.0128. The first-order valence-electron chi connectivity index (χ1n) is 7.88. The molecule has 1 saturated heterocycles. The molecule has 2 heterocycles. The van der Waals surface area contributed by atoms with Gasteiger partial charge in [0.05, 0.1) is 11.7 Å². The number of nitrogens with zero attached hydrogens (tertiary/aromatic N) is 3. The van der Waals surface area contributed by atoms with Gasteiger partial charge in [0.2, 0.25) is 0 Å². The summed E-state index contributed by atoms with van der Waals surface area (Å²) in [4.78, 5) is 14.8. The molecule has 0 unspecified atom stereocenters. The Labute approximate surface area is 135 Å². The minimum absolute atomic E-state index is 0.0128. The Morgan fingerprint density at radius 2 is 2.05 bits per heavy atom. The quantitative estimate of drug-likeness (QED) is 0.941. The summed E-state index contributed by atoms with van der Waals surface area (Å²) >= 11 is 1.18. The van der Waals surface area contributed by atoms with Crippen LogP contribution in [-0.2, 0) is 0 Å². The van der Waals surface area contributed by atoms with Gasteiger partial charge in [-0.15, -0.1) is 0 Å². The molecule has 1 aromatic heterocycles. The van der Waals surface area contributed by atoms with E-state index in [0.29, 0.717) is 17.5 Å². The molecule has 0 saturated carbocycles. The number of carbonyl (C=O) groups excluding carboxylic acids is 1. The van der Waals surface area contributed by atoms with Crippen molar-refractivity contribution in [2.75, 3.05) is 19.6 Å². The number of hydrogen-bond acceptors (Lipinski definition) is 5. The predicted molar refractivity (Wildman–Crippen MR) is 89.2 cm³/mol. The molecular formula is C16H22N4OS. The molecule has 22 heavy (non-hydrogen) atoms. The molecule has 0 aliphatic carbocycles. The number of fused-ring (bicyclic) bond motifs is 1. The molecule has 1 N–H and O–H groups in total. The van der Waals surface area contributed by atoms with Gasteiger partial charge in [0, 0.05) is 18.2 Å². The largest absolute Gasteiger partial charge is 0.352 e. The van der Waals surface area contributed by atoms with Crippen LogP contribution in [0.15, 0.2) is 18.2 Å². The van der Waals surface area contributed by atoms with Gasteiger partial charge in [-0.05, 0) is 63.9 Å². The SMILES string of the molecule is CC(C)N1CCC(CNC(=O)c2ccc3nsnc3c2)CC1. The lowest BCUT2D eigenvalue weighted by molar-refractivity contribution is 0.0930. The predicted octanol–water partition coefficient (Wildman–Crippen LogP) is 2.54. The fourth-order valence-corrected chi connectivity index (χ4v) is 3.45. The zero-order valence-electron chi connectivity index (χ0n) is 13.1. The highest BCUT2D eigenvalue weighted by atomic mass is 32.1. The molecule has 1 aliphatic heterocycles. The third kappa shape index (κ3) is 3.44. The van der Waals surface area contributed by atoms with Crippen molar-refractivity contribution >= 4 is 28.7 Å². The Morgan fingerprint density at radius 1 is 1.32 bits per heavy atom. The number of nitrogens with one attached hydrogen (secondary N) is 1. The van der Waals surface area contributed by atoms with E-state index in [1.54, 1.807) is 0 Å². The number of benzene rings is 1. The number of aromatic nitrogens is 2. The van der Waals surface area contributed by atoms with Crippen molar-refractivity contribution in [1.82, 2.24) is 19.0 Å². The smallest absolute Gasteiger partial charge is 0.251 e. The van der Waals surface area contributed by atoms with E-state index in [1.807, 2.05) is 18.2 Å². The lowest BCUT2D eigenvalue weighted by atomic mass is 9.96. The number of rotatable bonds is 4. The van der Waals surface area contributed by atoms with E-state index < -0.39 is 0 Å². The van der Waals surface area contributed by atoms with E-state index in [4.69, 9.17) is 0 Å². The molecule has 3 rings (SSSR count). The number of amides is 1. The first kappa shape index (κ1) is 15.4. The Hall–Kier alpha value is -1.53. The van der Waals surface area contributed by atoms with Crippen molar-refractivity contribution in [2.45, 2.75) is 32.7 Å². The van der Waals surface area contributed by atoms with E-state index in [2.05, 4.69) is 32.8 Å². The molecule has 2 aromatic rings. The maximum atomic E-state index is 12.3. The van der Waals surface area contributed by atoms with Crippen LogP contribution in [0.25, 0.3) is 11.0 Å². The van der Waals surface area contributed by atoms with Gasteiger partial charge in [0.1, 0.15) is 11.0 Å². The summed E-state index contributed by atoms with van der Waals surface area (Å²) < 4.78 is 8.34. The van der Waals surface area contributed by atoms with Crippen LogP contribution in [0.1, 0.15) is 37.0 Å². The summed E-state index contributed by atoms with van der Waals surface area (Å²) in [6, 6.07) is 6.11. The lowest BCUT2D eigenvalue weighted by Gasteiger charge is -2.34. The van der Waals surface area contributed by atoms with Gasteiger partial charge >= 0.3 is 0 Å². The lowest BCUT2D eigenvalue weighted by Crippen LogP contribution is -2.41. The van der Waals surface area contributed by atoms with E-state index in [0.717, 1.165) is 43.5 Å². The summed E-state index contributed by atoms with van der Waals surface area (Å²) in [5, 5.41) is 3.07. The normalized spacial score (nSPS) is 17.2.